The second-order valence-corrected chi connectivity index (χ2v) is 8.22. The van der Waals surface area contributed by atoms with Crippen LogP contribution in [0.15, 0.2) is 5.16 Å². The zero-order valence-corrected chi connectivity index (χ0v) is 18.1. The third kappa shape index (κ3) is 6.48. The molecule has 2 fully saturated rings. The van der Waals surface area contributed by atoms with Crippen molar-refractivity contribution >= 4 is 29.6 Å². The number of alkyl halides is 3. The molecule has 2 saturated heterocycles. The van der Waals surface area contributed by atoms with Crippen LogP contribution in [-0.4, -0.2) is 89.5 Å². The summed E-state index contributed by atoms with van der Waals surface area (Å²) in [5, 5.41) is 7.91. The van der Waals surface area contributed by atoms with Crippen LogP contribution >= 0.6 is 11.8 Å². The van der Waals surface area contributed by atoms with E-state index < -0.39 is 12.7 Å². The molecule has 0 unspecified atom stereocenters. The molecule has 1 aromatic rings. The summed E-state index contributed by atoms with van der Waals surface area (Å²) in [6.45, 7) is 3.32. The first-order valence-electron chi connectivity index (χ1n) is 10.2. The highest BCUT2D eigenvalue weighted by molar-refractivity contribution is 7.99. The minimum Gasteiger partial charge on any atom is -0.466 e. The second kappa shape index (κ2) is 10.5. The molecule has 0 aromatic carbocycles. The predicted octanol–water partition coefficient (Wildman–Crippen LogP) is 1.57. The maximum Gasteiger partial charge on any atom is 0.406 e. The van der Waals surface area contributed by atoms with Crippen LogP contribution < -0.4 is 4.90 Å². The van der Waals surface area contributed by atoms with E-state index >= 15 is 0 Å². The molecule has 3 heterocycles. The van der Waals surface area contributed by atoms with Crippen molar-refractivity contribution < 1.29 is 32.2 Å². The first kappa shape index (κ1) is 23.6. The summed E-state index contributed by atoms with van der Waals surface area (Å²) < 4.78 is 50.7. The van der Waals surface area contributed by atoms with Crippen LogP contribution in [-0.2, 0) is 25.6 Å². The highest BCUT2D eigenvalue weighted by atomic mass is 32.2. The number of halogens is 3. The molecule has 0 aliphatic carbocycles. The monoisotopic (exact) mass is 465 g/mol. The minimum absolute atomic E-state index is 0.0496. The van der Waals surface area contributed by atoms with E-state index in [1.165, 1.54) is 0 Å². The quantitative estimate of drug-likeness (QED) is 0.443. The van der Waals surface area contributed by atoms with Crippen LogP contribution in [0.25, 0.3) is 0 Å². The number of esters is 1. The Labute approximate surface area is 182 Å². The number of amides is 1. The van der Waals surface area contributed by atoms with Gasteiger partial charge in [0.2, 0.25) is 11.9 Å². The molecular formula is C18H26F3N5O4S. The molecule has 0 atom stereocenters. The average molecular weight is 465 g/mol. The van der Waals surface area contributed by atoms with E-state index in [2.05, 4.69) is 10.2 Å². The normalized spacial score (nSPS) is 18.3. The van der Waals surface area contributed by atoms with E-state index in [0.29, 0.717) is 58.8 Å². The third-order valence-corrected chi connectivity index (χ3v) is 6.07. The summed E-state index contributed by atoms with van der Waals surface area (Å²) in [4.78, 5) is 27.7. The minimum atomic E-state index is -4.45. The lowest BCUT2D eigenvalue weighted by Gasteiger charge is -2.30. The topological polar surface area (TPSA) is 89.8 Å². The van der Waals surface area contributed by atoms with Gasteiger partial charge in [-0.15, -0.1) is 10.2 Å². The van der Waals surface area contributed by atoms with E-state index in [1.807, 2.05) is 0 Å². The van der Waals surface area contributed by atoms with Crippen molar-refractivity contribution in [3.05, 3.63) is 0 Å². The zero-order valence-electron chi connectivity index (χ0n) is 17.3. The SMILES string of the molecule is CCOC(=O)C1CCN(C(=O)CSc2nnc(N3CCOCC3)n2CC(F)(F)F)CC1. The summed E-state index contributed by atoms with van der Waals surface area (Å²) in [6.07, 6.45) is -3.42. The summed E-state index contributed by atoms with van der Waals surface area (Å²) in [5.41, 5.74) is 0. The molecule has 31 heavy (non-hydrogen) atoms. The lowest BCUT2D eigenvalue weighted by Crippen LogP contribution is -2.41. The Morgan fingerprint density at radius 3 is 2.45 bits per heavy atom. The van der Waals surface area contributed by atoms with Gasteiger partial charge in [-0.05, 0) is 19.8 Å². The Morgan fingerprint density at radius 2 is 1.84 bits per heavy atom. The van der Waals surface area contributed by atoms with Crippen molar-refractivity contribution in [1.82, 2.24) is 19.7 Å². The van der Waals surface area contributed by atoms with Crippen LogP contribution in [0.3, 0.4) is 0 Å². The molecule has 13 heteroatoms. The summed E-state index contributed by atoms with van der Waals surface area (Å²) >= 11 is 0.938. The Bertz CT molecular complexity index is 762. The highest BCUT2D eigenvalue weighted by Crippen LogP contribution is 2.28. The number of piperidine rings is 1. The molecule has 0 radical (unpaired) electrons. The number of thioether (sulfide) groups is 1. The number of morpholine rings is 1. The van der Waals surface area contributed by atoms with Crippen molar-refractivity contribution in [3.63, 3.8) is 0 Å². The molecule has 9 nitrogen and oxygen atoms in total. The summed E-state index contributed by atoms with van der Waals surface area (Å²) in [6, 6.07) is 0. The van der Waals surface area contributed by atoms with Crippen LogP contribution in [0.1, 0.15) is 19.8 Å². The molecule has 0 spiro atoms. The molecule has 174 valence electrons. The second-order valence-electron chi connectivity index (χ2n) is 7.28. The Morgan fingerprint density at radius 1 is 1.16 bits per heavy atom. The lowest BCUT2D eigenvalue weighted by molar-refractivity contribution is -0.151. The number of anilines is 1. The van der Waals surface area contributed by atoms with Gasteiger partial charge in [0.1, 0.15) is 6.54 Å². The first-order chi connectivity index (χ1) is 14.8. The van der Waals surface area contributed by atoms with E-state index in [-0.39, 0.29) is 34.7 Å². The molecule has 2 aliphatic heterocycles. The number of likely N-dealkylation sites (tertiary alicyclic amines) is 1. The predicted molar refractivity (Wildman–Crippen MR) is 106 cm³/mol. The van der Waals surface area contributed by atoms with E-state index in [9.17, 15) is 22.8 Å². The highest BCUT2D eigenvalue weighted by Gasteiger charge is 2.33. The molecule has 0 bridgehead atoms. The van der Waals surface area contributed by atoms with Crippen molar-refractivity contribution in [2.45, 2.75) is 37.6 Å². The molecule has 3 rings (SSSR count). The number of rotatable bonds is 7. The van der Waals surface area contributed by atoms with Crippen molar-refractivity contribution in [2.24, 2.45) is 5.92 Å². The van der Waals surface area contributed by atoms with E-state index in [4.69, 9.17) is 9.47 Å². The molecule has 1 amide bonds. The molecule has 2 aliphatic rings. The number of carbonyl (C=O) groups excluding carboxylic acids is 2. The average Bonchev–Trinajstić information content (AvgIpc) is 3.13. The van der Waals surface area contributed by atoms with Gasteiger partial charge >= 0.3 is 12.1 Å². The maximum absolute atomic E-state index is 13.2. The van der Waals surface area contributed by atoms with Crippen LogP contribution in [0.2, 0.25) is 0 Å². The molecule has 0 N–H and O–H groups in total. The number of nitrogens with zero attached hydrogens (tertiary/aromatic N) is 5. The fourth-order valence-corrected chi connectivity index (χ4v) is 4.38. The Kier molecular flexibility index (Phi) is 8.03. The van der Waals surface area contributed by atoms with Crippen molar-refractivity contribution in [1.29, 1.82) is 0 Å². The number of aromatic nitrogens is 3. The molecule has 0 saturated carbocycles. The first-order valence-corrected chi connectivity index (χ1v) is 11.2. The van der Waals surface area contributed by atoms with Gasteiger partial charge in [-0.1, -0.05) is 11.8 Å². The zero-order chi connectivity index (χ0) is 22.4. The van der Waals surface area contributed by atoms with Crippen LogP contribution in [0.5, 0.6) is 0 Å². The fraction of sp³-hybridized carbons (Fsp3) is 0.778. The number of hydrogen-bond donors (Lipinski definition) is 0. The van der Waals surface area contributed by atoms with Gasteiger partial charge < -0.3 is 19.3 Å². The van der Waals surface area contributed by atoms with Gasteiger partial charge in [0.25, 0.3) is 0 Å². The largest absolute Gasteiger partial charge is 0.466 e. The third-order valence-electron chi connectivity index (χ3n) is 5.12. The van der Waals surface area contributed by atoms with Gasteiger partial charge in [0, 0.05) is 26.2 Å². The van der Waals surface area contributed by atoms with Gasteiger partial charge in [0.05, 0.1) is 31.5 Å². The maximum atomic E-state index is 13.2. The van der Waals surface area contributed by atoms with Gasteiger partial charge in [-0.2, -0.15) is 13.2 Å². The van der Waals surface area contributed by atoms with Crippen molar-refractivity contribution in [2.75, 3.05) is 56.7 Å². The van der Waals surface area contributed by atoms with E-state index in [1.54, 1.807) is 16.7 Å². The number of carbonyl (C=O) groups is 2. The van der Waals surface area contributed by atoms with Crippen LogP contribution in [0.4, 0.5) is 19.1 Å². The van der Waals surface area contributed by atoms with Crippen molar-refractivity contribution in [3.8, 4) is 0 Å². The summed E-state index contributed by atoms with van der Waals surface area (Å²) in [7, 11) is 0. The van der Waals surface area contributed by atoms with Crippen LogP contribution in [0, 0.1) is 5.92 Å². The summed E-state index contributed by atoms with van der Waals surface area (Å²) in [5.74, 6) is -0.599. The smallest absolute Gasteiger partial charge is 0.406 e. The van der Waals surface area contributed by atoms with Gasteiger partial charge in [-0.3, -0.25) is 14.2 Å². The van der Waals surface area contributed by atoms with E-state index in [0.717, 1.165) is 16.3 Å². The Hall–Kier alpha value is -2.02. The van der Waals surface area contributed by atoms with Gasteiger partial charge in [0.15, 0.2) is 5.16 Å². The number of ether oxygens (including phenoxy) is 2. The fourth-order valence-electron chi connectivity index (χ4n) is 3.55. The Balaban J connectivity index is 1.60. The molecular weight excluding hydrogens is 439 g/mol. The lowest BCUT2D eigenvalue weighted by atomic mass is 9.97. The number of hydrogen-bond acceptors (Lipinski definition) is 8. The molecule has 1 aromatic heterocycles. The van der Waals surface area contributed by atoms with Gasteiger partial charge in [-0.25, -0.2) is 0 Å². The standard InChI is InChI=1S/C18H26F3N5O4S/c1-2-30-15(28)13-3-5-24(6-4-13)14(27)11-31-17-23-22-16(25-7-9-29-10-8-25)26(17)12-18(19,20)21/h13H,2-12H2,1H3.